The Bertz CT molecular complexity index is 678. The van der Waals surface area contributed by atoms with Gasteiger partial charge in [0, 0.05) is 18.2 Å². The van der Waals surface area contributed by atoms with Crippen molar-refractivity contribution >= 4 is 17.0 Å². The second-order valence-corrected chi connectivity index (χ2v) is 6.48. The summed E-state index contributed by atoms with van der Waals surface area (Å²) in [5, 5.41) is 14.7. The molecule has 0 amide bonds. The summed E-state index contributed by atoms with van der Waals surface area (Å²) in [5.41, 5.74) is 2.24. The summed E-state index contributed by atoms with van der Waals surface area (Å²) in [6.45, 7) is 10.1. The predicted molar refractivity (Wildman–Crippen MR) is 78.3 cm³/mol. The van der Waals surface area contributed by atoms with Crippen molar-refractivity contribution in [1.29, 1.82) is 0 Å². The highest BCUT2D eigenvalue weighted by molar-refractivity contribution is 6.03. The maximum atomic E-state index is 11.6. The van der Waals surface area contributed by atoms with Crippen LogP contribution in [0.25, 0.3) is 11.0 Å². The van der Waals surface area contributed by atoms with Gasteiger partial charge in [0.25, 0.3) is 0 Å². The van der Waals surface area contributed by atoms with E-state index in [-0.39, 0.29) is 16.9 Å². The maximum Gasteiger partial charge on any atom is 0.336 e. The van der Waals surface area contributed by atoms with Crippen molar-refractivity contribution in [3.05, 3.63) is 23.0 Å². The maximum absolute atomic E-state index is 11.6. The number of fused-ring (bicyclic) bond motifs is 1. The molecule has 108 valence electrons. The average molecular weight is 275 g/mol. The molecule has 0 spiro atoms. The van der Waals surface area contributed by atoms with Gasteiger partial charge in [0.1, 0.15) is 0 Å². The summed E-state index contributed by atoms with van der Waals surface area (Å²) in [5.74, 6) is -0.761. The lowest BCUT2D eigenvalue weighted by Crippen LogP contribution is -2.14. The van der Waals surface area contributed by atoms with E-state index >= 15 is 0 Å². The molecule has 1 N–H and O–H groups in total. The fourth-order valence-corrected chi connectivity index (χ4v) is 2.26. The molecule has 0 unspecified atom stereocenters. The molecule has 0 radical (unpaired) electrons. The SMILES string of the molecule is CC(C)c1cc(C(=O)O)c2c(C(C)(C)C)nn(C)c2n1. The van der Waals surface area contributed by atoms with Crippen molar-refractivity contribution in [3.63, 3.8) is 0 Å². The number of carboxylic acid groups (broad SMARTS) is 1. The van der Waals surface area contributed by atoms with Crippen LogP contribution >= 0.6 is 0 Å². The number of rotatable bonds is 2. The monoisotopic (exact) mass is 275 g/mol. The second kappa shape index (κ2) is 4.58. The number of aryl methyl sites for hydroxylation is 1. The van der Waals surface area contributed by atoms with Gasteiger partial charge < -0.3 is 5.11 Å². The molecule has 0 atom stereocenters. The van der Waals surface area contributed by atoms with E-state index in [1.165, 1.54) is 0 Å². The van der Waals surface area contributed by atoms with Crippen LogP contribution in [0.4, 0.5) is 0 Å². The highest BCUT2D eigenvalue weighted by Crippen LogP contribution is 2.32. The van der Waals surface area contributed by atoms with Gasteiger partial charge in [-0.3, -0.25) is 4.68 Å². The zero-order chi connectivity index (χ0) is 15.2. The van der Waals surface area contributed by atoms with Gasteiger partial charge in [-0.05, 0) is 12.0 Å². The number of carbonyl (C=O) groups is 1. The summed E-state index contributed by atoms with van der Waals surface area (Å²) in [7, 11) is 1.81. The first-order valence-corrected chi connectivity index (χ1v) is 6.74. The van der Waals surface area contributed by atoms with Gasteiger partial charge in [-0.25, -0.2) is 9.78 Å². The summed E-state index contributed by atoms with van der Waals surface area (Å²) in [4.78, 5) is 16.2. The fraction of sp³-hybridized carbons (Fsp3) is 0.533. The molecule has 5 nitrogen and oxygen atoms in total. The number of nitrogens with zero attached hydrogens (tertiary/aromatic N) is 3. The molecular weight excluding hydrogens is 254 g/mol. The van der Waals surface area contributed by atoms with Crippen LogP contribution < -0.4 is 0 Å². The standard InChI is InChI=1S/C15H21N3O2/c1-8(2)10-7-9(14(19)20)11-12(15(3,4)5)17-18(6)13(11)16-10/h7-8H,1-6H3,(H,19,20). The Hall–Kier alpha value is -1.91. The molecule has 2 aromatic rings. The molecule has 0 aliphatic rings. The minimum Gasteiger partial charge on any atom is -0.478 e. The Labute approximate surface area is 118 Å². The highest BCUT2D eigenvalue weighted by Gasteiger charge is 2.27. The predicted octanol–water partition coefficient (Wildman–Crippen LogP) is 3.09. The van der Waals surface area contributed by atoms with E-state index in [1.807, 2.05) is 34.6 Å². The average Bonchev–Trinajstić information content (AvgIpc) is 2.65. The van der Waals surface area contributed by atoms with Crippen molar-refractivity contribution in [2.75, 3.05) is 0 Å². The van der Waals surface area contributed by atoms with E-state index in [2.05, 4.69) is 10.1 Å². The first-order valence-electron chi connectivity index (χ1n) is 6.74. The Morgan fingerprint density at radius 2 is 1.95 bits per heavy atom. The molecule has 20 heavy (non-hydrogen) atoms. The van der Waals surface area contributed by atoms with Gasteiger partial charge in [0.05, 0.1) is 16.6 Å². The van der Waals surface area contributed by atoms with Gasteiger partial charge in [-0.2, -0.15) is 5.10 Å². The number of carboxylic acids is 1. The van der Waals surface area contributed by atoms with Gasteiger partial charge >= 0.3 is 5.97 Å². The van der Waals surface area contributed by atoms with Gasteiger partial charge in [0.15, 0.2) is 5.65 Å². The first kappa shape index (κ1) is 14.5. The molecular formula is C15H21N3O2. The zero-order valence-corrected chi connectivity index (χ0v) is 12.9. The summed E-state index contributed by atoms with van der Waals surface area (Å²) in [6.07, 6.45) is 0. The van der Waals surface area contributed by atoms with Crippen LogP contribution in [0, 0.1) is 0 Å². The fourth-order valence-electron chi connectivity index (χ4n) is 2.26. The molecule has 2 rings (SSSR count). The number of pyridine rings is 1. The Morgan fingerprint density at radius 1 is 1.35 bits per heavy atom. The molecule has 0 fully saturated rings. The smallest absolute Gasteiger partial charge is 0.336 e. The number of hydrogen-bond acceptors (Lipinski definition) is 3. The van der Waals surface area contributed by atoms with Crippen LogP contribution in [-0.2, 0) is 12.5 Å². The van der Waals surface area contributed by atoms with E-state index in [9.17, 15) is 9.90 Å². The summed E-state index contributed by atoms with van der Waals surface area (Å²) >= 11 is 0. The third kappa shape index (κ3) is 2.28. The Balaban J connectivity index is 2.93. The lowest BCUT2D eigenvalue weighted by atomic mass is 9.88. The van der Waals surface area contributed by atoms with Crippen LogP contribution in [0.3, 0.4) is 0 Å². The van der Waals surface area contributed by atoms with Crippen molar-refractivity contribution in [2.24, 2.45) is 7.05 Å². The van der Waals surface area contributed by atoms with E-state index < -0.39 is 5.97 Å². The lowest BCUT2D eigenvalue weighted by molar-refractivity contribution is 0.0698. The van der Waals surface area contributed by atoms with Gasteiger partial charge in [-0.1, -0.05) is 34.6 Å². The molecule has 5 heteroatoms. The second-order valence-electron chi connectivity index (χ2n) is 6.48. The lowest BCUT2D eigenvalue weighted by Gasteiger charge is -2.16. The quantitative estimate of drug-likeness (QED) is 0.914. The van der Waals surface area contributed by atoms with Crippen molar-refractivity contribution in [2.45, 2.75) is 46.0 Å². The van der Waals surface area contributed by atoms with E-state index in [4.69, 9.17) is 0 Å². The molecule has 0 saturated heterocycles. The van der Waals surface area contributed by atoms with E-state index in [1.54, 1.807) is 17.8 Å². The van der Waals surface area contributed by atoms with Gasteiger partial charge in [-0.15, -0.1) is 0 Å². The number of hydrogen-bond donors (Lipinski definition) is 1. The number of aromatic carboxylic acids is 1. The van der Waals surface area contributed by atoms with Crippen LogP contribution in [0.15, 0.2) is 6.07 Å². The van der Waals surface area contributed by atoms with Crippen molar-refractivity contribution in [3.8, 4) is 0 Å². The van der Waals surface area contributed by atoms with Crippen LogP contribution in [0.2, 0.25) is 0 Å². The molecule has 2 heterocycles. The molecule has 0 bridgehead atoms. The van der Waals surface area contributed by atoms with E-state index in [0.29, 0.717) is 11.0 Å². The van der Waals surface area contributed by atoms with E-state index in [0.717, 1.165) is 11.4 Å². The summed E-state index contributed by atoms with van der Waals surface area (Å²) in [6, 6.07) is 1.67. The Morgan fingerprint density at radius 3 is 2.40 bits per heavy atom. The normalized spacial score (nSPS) is 12.3. The minimum atomic E-state index is -0.933. The molecule has 2 aromatic heterocycles. The van der Waals surface area contributed by atoms with Crippen LogP contribution in [0.5, 0.6) is 0 Å². The van der Waals surface area contributed by atoms with Crippen LogP contribution in [0.1, 0.15) is 62.3 Å². The molecule has 0 aliphatic heterocycles. The topological polar surface area (TPSA) is 68.0 Å². The van der Waals surface area contributed by atoms with Crippen molar-refractivity contribution < 1.29 is 9.90 Å². The minimum absolute atomic E-state index is 0.172. The van der Waals surface area contributed by atoms with Gasteiger partial charge in [0.2, 0.25) is 0 Å². The highest BCUT2D eigenvalue weighted by atomic mass is 16.4. The molecule has 0 aliphatic carbocycles. The van der Waals surface area contributed by atoms with Crippen LogP contribution in [-0.4, -0.2) is 25.8 Å². The third-order valence-electron chi connectivity index (χ3n) is 3.35. The largest absolute Gasteiger partial charge is 0.478 e. The van der Waals surface area contributed by atoms with Crippen molar-refractivity contribution in [1.82, 2.24) is 14.8 Å². The first-order chi connectivity index (χ1) is 9.12. The molecule has 0 aromatic carbocycles. The Kier molecular flexibility index (Phi) is 3.32. The number of aromatic nitrogens is 3. The zero-order valence-electron chi connectivity index (χ0n) is 12.9. The summed E-state index contributed by atoms with van der Waals surface area (Å²) < 4.78 is 1.67. The third-order valence-corrected chi connectivity index (χ3v) is 3.35. The molecule has 0 saturated carbocycles.